The normalized spacial score (nSPS) is 6.00. The van der Waals surface area contributed by atoms with E-state index in [0.717, 1.165) is 0 Å². The summed E-state index contributed by atoms with van der Waals surface area (Å²) in [6.07, 6.45) is 0. The quantitative estimate of drug-likeness (QED) is 0.398. The number of Topliss-reactive ketones (excluding diaryl/α,β-unsaturated/α-hetero) is 1. The summed E-state index contributed by atoms with van der Waals surface area (Å²) in [6, 6.07) is 1.66. The van der Waals surface area contributed by atoms with Crippen molar-refractivity contribution in [2.45, 2.75) is 40.7 Å². The van der Waals surface area contributed by atoms with Gasteiger partial charge < -0.3 is 15.4 Å². The number of hydrogen-bond acceptors (Lipinski definition) is 5. The molecule has 84 valence electrons. The van der Waals surface area contributed by atoms with E-state index < -0.39 is 5.60 Å². The molecule has 5 nitrogen and oxygen atoms in total. The van der Waals surface area contributed by atoms with Crippen molar-refractivity contribution in [1.82, 2.24) is 0 Å². The number of carbonyl (C=O) groups excluding carboxylic acids is 1. The summed E-state index contributed by atoms with van der Waals surface area (Å²) in [4.78, 5) is 9.44. The Kier molecular flexibility index (Phi) is 57.0. The van der Waals surface area contributed by atoms with E-state index in [-0.39, 0.29) is 48.2 Å². The second-order valence-corrected chi connectivity index (χ2v) is 2.58. The predicted molar refractivity (Wildman–Crippen MR) is 53.6 cm³/mol. The van der Waals surface area contributed by atoms with Gasteiger partial charge in [0.15, 0.2) is 0 Å². The van der Waals surface area contributed by atoms with Gasteiger partial charge in [0, 0.05) is 6.57 Å². The van der Waals surface area contributed by atoms with Gasteiger partial charge in [0.1, 0.15) is 11.4 Å². The van der Waals surface area contributed by atoms with Gasteiger partial charge in [-0.1, -0.05) is 7.43 Å². The Morgan fingerprint density at radius 3 is 1.40 bits per heavy atom. The standard InChI is InChI=1S/C4H7NO.C3H6O.CHN.CH4.Na.H2O/c1-4(2,6)3-5;1-3(2)4;1-2;;;/h6H,1-2H3;1-2H3;1H;1H4;;1H2/q;;;;+1;/p-1. The third-order valence-electron chi connectivity index (χ3n) is 0.274. The molecule has 0 heterocycles. The first-order chi connectivity index (χ1) is 5.29. The summed E-state index contributed by atoms with van der Waals surface area (Å²) >= 11 is 0. The Balaban J connectivity index is -0.0000000204. The summed E-state index contributed by atoms with van der Waals surface area (Å²) in [5.74, 6) is 0.167. The van der Waals surface area contributed by atoms with Crippen LogP contribution in [0.5, 0.6) is 0 Å². The zero-order chi connectivity index (χ0) is 10.8. The molecule has 0 unspecified atom stereocenters. The molecule has 0 aliphatic heterocycles. The maximum absolute atomic E-state index is 9.44. The molecular weight excluding hydrogens is 207 g/mol. The fourth-order valence-corrected chi connectivity index (χ4v) is 0. The van der Waals surface area contributed by atoms with Crippen molar-refractivity contribution in [2.75, 3.05) is 0 Å². The van der Waals surface area contributed by atoms with Crippen LogP contribution in [0.15, 0.2) is 0 Å². The minimum absolute atomic E-state index is 0. The first-order valence-electron chi connectivity index (χ1n) is 3.16. The summed E-state index contributed by atoms with van der Waals surface area (Å²) < 4.78 is 0. The minimum Gasteiger partial charge on any atom is -0.870 e. The molecule has 0 spiro atoms. The van der Waals surface area contributed by atoms with Gasteiger partial charge in [-0.15, -0.1) is 0 Å². The monoisotopic (exact) mass is 226 g/mol. The maximum Gasteiger partial charge on any atom is 1.00 e. The van der Waals surface area contributed by atoms with Gasteiger partial charge in [-0.25, -0.2) is 5.26 Å². The zero-order valence-electron chi connectivity index (χ0n) is 9.27. The van der Waals surface area contributed by atoms with Gasteiger partial charge in [0.05, 0.1) is 6.07 Å². The summed E-state index contributed by atoms with van der Waals surface area (Å²) in [7, 11) is 0. The molecule has 0 aliphatic carbocycles. The number of nitrogens with zero attached hydrogens (tertiary/aromatic N) is 2. The number of hydrogen-bond donors (Lipinski definition) is 1. The molecule has 15 heavy (non-hydrogen) atoms. The number of ketones is 1. The van der Waals surface area contributed by atoms with E-state index in [2.05, 4.69) is 6.57 Å². The molecule has 0 rings (SSSR count). The largest absolute Gasteiger partial charge is 1.00 e. The van der Waals surface area contributed by atoms with Crippen molar-refractivity contribution < 1.29 is 44.9 Å². The zero-order valence-corrected chi connectivity index (χ0v) is 11.3. The molecular formula is C9H19N2NaO3. The summed E-state index contributed by atoms with van der Waals surface area (Å²) in [6.45, 7) is 9.43. The van der Waals surface area contributed by atoms with Crippen LogP contribution in [0.4, 0.5) is 0 Å². The van der Waals surface area contributed by atoms with Crippen LogP contribution in [0.3, 0.4) is 0 Å². The van der Waals surface area contributed by atoms with Crippen molar-refractivity contribution in [3.8, 4) is 12.6 Å². The molecule has 0 amide bonds. The average Bonchev–Trinajstić information content (AvgIpc) is 1.90. The fourth-order valence-electron chi connectivity index (χ4n) is 0. The van der Waals surface area contributed by atoms with Crippen LogP contribution >= 0.6 is 0 Å². The van der Waals surface area contributed by atoms with E-state index >= 15 is 0 Å². The van der Waals surface area contributed by atoms with E-state index in [0.29, 0.717) is 0 Å². The number of carbonyl (C=O) groups is 1. The maximum atomic E-state index is 9.44. The predicted octanol–water partition coefficient (Wildman–Crippen LogP) is -1.52. The topological polar surface area (TPSA) is 115 Å². The fraction of sp³-hybridized carbons (Fsp3) is 0.667. The van der Waals surface area contributed by atoms with Crippen LogP contribution in [0, 0.1) is 23.2 Å². The van der Waals surface area contributed by atoms with Gasteiger partial charge in [-0.3, -0.25) is 0 Å². The van der Waals surface area contributed by atoms with Crippen molar-refractivity contribution in [1.29, 1.82) is 10.5 Å². The Hall–Kier alpha value is -0.430. The van der Waals surface area contributed by atoms with Crippen molar-refractivity contribution in [3.63, 3.8) is 0 Å². The number of rotatable bonds is 0. The first-order valence-corrected chi connectivity index (χ1v) is 3.16. The van der Waals surface area contributed by atoms with E-state index in [1.807, 2.05) is 0 Å². The van der Waals surface area contributed by atoms with Crippen LogP contribution in [0.2, 0.25) is 0 Å². The van der Waals surface area contributed by atoms with Crippen molar-refractivity contribution in [3.05, 3.63) is 0 Å². The van der Waals surface area contributed by atoms with Crippen LogP contribution in [0.1, 0.15) is 35.1 Å². The van der Waals surface area contributed by atoms with Crippen molar-refractivity contribution in [2.24, 2.45) is 0 Å². The molecule has 0 aromatic carbocycles. The summed E-state index contributed by atoms with van der Waals surface area (Å²) in [5, 5.41) is 22.9. The smallest absolute Gasteiger partial charge is 0.870 e. The molecule has 0 bridgehead atoms. The Labute approximate surface area is 114 Å². The molecule has 0 aliphatic rings. The van der Waals surface area contributed by atoms with Crippen LogP contribution in [0.25, 0.3) is 0 Å². The molecule has 6 heteroatoms. The van der Waals surface area contributed by atoms with E-state index in [1.54, 1.807) is 6.07 Å². The molecule has 0 fully saturated rings. The number of nitriles is 2. The van der Waals surface area contributed by atoms with Crippen LogP contribution in [-0.2, 0) is 4.79 Å². The van der Waals surface area contributed by atoms with Gasteiger partial charge >= 0.3 is 29.6 Å². The van der Waals surface area contributed by atoms with E-state index in [4.69, 9.17) is 15.6 Å². The Morgan fingerprint density at radius 2 is 1.40 bits per heavy atom. The Bertz CT molecular complexity index is 176. The molecule has 0 saturated heterocycles. The van der Waals surface area contributed by atoms with Gasteiger partial charge in [0.2, 0.25) is 0 Å². The molecule has 2 N–H and O–H groups in total. The molecule has 0 radical (unpaired) electrons. The molecule has 0 aromatic heterocycles. The number of aliphatic hydroxyl groups is 1. The van der Waals surface area contributed by atoms with Gasteiger partial charge in [-0.2, -0.15) is 5.26 Å². The third kappa shape index (κ3) is 275. The van der Waals surface area contributed by atoms with E-state index in [9.17, 15) is 4.79 Å². The van der Waals surface area contributed by atoms with Gasteiger partial charge in [0.25, 0.3) is 0 Å². The SMILES string of the molecule is C.C#N.CC(C)(O)C#N.CC(C)=O.[Na+].[OH-]. The molecule has 0 aromatic rings. The second-order valence-electron chi connectivity index (χ2n) is 2.58. The van der Waals surface area contributed by atoms with Crippen LogP contribution in [-0.4, -0.2) is 22.0 Å². The minimum atomic E-state index is -1.15. The van der Waals surface area contributed by atoms with Crippen LogP contribution < -0.4 is 29.6 Å². The van der Waals surface area contributed by atoms with Gasteiger partial charge in [-0.05, 0) is 27.7 Å². The third-order valence-corrected chi connectivity index (χ3v) is 0.274. The molecule has 0 saturated carbocycles. The van der Waals surface area contributed by atoms with Crippen molar-refractivity contribution >= 4 is 5.78 Å². The molecule has 0 atom stereocenters. The average molecular weight is 226 g/mol. The Morgan fingerprint density at radius 1 is 1.33 bits per heavy atom. The summed E-state index contributed by atoms with van der Waals surface area (Å²) in [5.41, 5.74) is -1.15. The van der Waals surface area contributed by atoms with E-state index in [1.165, 1.54) is 27.7 Å². The second kappa shape index (κ2) is 23.4. The first kappa shape index (κ1) is 36.5.